The molecule has 2 heterocycles. The van der Waals surface area contributed by atoms with Gasteiger partial charge in [0.15, 0.2) is 0 Å². The van der Waals surface area contributed by atoms with Crippen LogP contribution in [0.4, 0.5) is 0 Å². The van der Waals surface area contributed by atoms with E-state index in [-0.39, 0.29) is 48.4 Å². The molecule has 124 valence electrons. The van der Waals surface area contributed by atoms with Crippen LogP contribution in [-0.2, 0) is 11.3 Å². The topological polar surface area (TPSA) is 101 Å². The minimum absolute atomic E-state index is 0. The van der Waals surface area contributed by atoms with Crippen molar-refractivity contribution in [3.63, 3.8) is 0 Å². The molecule has 7 nitrogen and oxygen atoms in total. The number of carbonyl (C=O) groups excluding carboxylic acids is 1. The molecule has 1 aromatic heterocycles. The van der Waals surface area contributed by atoms with Crippen LogP contribution < -0.4 is 16.9 Å². The predicted molar refractivity (Wildman–Crippen MR) is 89.9 cm³/mol. The quantitative estimate of drug-likeness (QED) is 0.826. The number of H-pyrrole nitrogens is 1. The highest BCUT2D eigenvalue weighted by Gasteiger charge is 2.23. The molecular weight excluding hydrogens is 320 g/mol. The summed E-state index contributed by atoms with van der Waals surface area (Å²) < 4.78 is 1.21. The lowest BCUT2D eigenvalue weighted by molar-refractivity contribution is -0.130. The fraction of sp³-hybridized carbons (Fsp3) is 0.400. The monoisotopic (exact) mass is 338 g/mol. The van der Waals surface area contributed by atoms with Crippen LogP contribution in [0.1, 0.15) is 12.8 Å². The molecule has 0 spiro atoms. The molecule has 8 heteroatoms. The van der Waals surface area contributed by atoms with Crippen LogP contribution in [0.25, 0.3) is 10.8 Å². The number of aromatic nitrogens is 2. The van der Waals surface area contributed by atoms with E-state index in [2.05, 4.69) is 5.10 Å². The van der Waals surface area contributed by atoms with E-state index in [1.165, 1.54) is 4.68 Å². The van der Waals surface area contributed by atoms with E-state index in [4.69, 9.17) is 5.73 Å². The Hall–Kier alpha value is -2.12. The fourth-order valence-electron chi connectivity index (χ4n) is 2.78. The summed E-state index contributed by atoms with van der Waals surface area (Å²) in [6.45, 7) is 1.37. The molecule has 1 aliphatic heterocycles. The Labute approximate surface area is 138 Å². The molecule has 1 aromatic carbocycles. The smallest absolute Gasteiger partial charge is 0.273 e. The maximum atomic E-state index is 12.3. The first-order chi connectivity index (χ1) is 10.6. The van der Waals surface area contributed by atoms with Crippen LogP contribution in [-0.4, -0.2) is 39.7 Å². The van der Waals surface area contributed by atoms with Gasteiger partial charge in [0, 0.05) is 25.6 Å². The van der Waals surface area contributed by atoms with Crippen LogP contribution >= 0.6 is 12.4 Å². The molecule has 1 amide bonds. The normalized spacial score (nSPS) is 17.3. The molecule has 0 saturated carbocycles. The molecule has 1 saturated heterocycles. The molecule has 1 aliphatic rings. The summed E-state index contributed by atoms with van der Waals surface area (Å²) in [7, 11) is 0. The zero-order chi connectivity index (χ0) is 15.7. The van der Waals surface area contributed by atoms with Gasteiger partial charge in [-0.3, -0.25) is 19.5 Å². The van der Waals surface area contributed by atoms with E-state index >= 15 is 0 Å². The number of hydrogen-bond donors (Lipinski definition) is 2. The third-order valence-electron chi connectivity index (χ3n) is 4.01. The van der Waals surface area contributed by atoms with Crippen molar-refractivity contribution >= 4 is 29.1 Å². The van der Waals surface area contributed by atoms with E-state index < -0.39 is 0 Å². The molecule has 2 aromatic rings. The summed E-state index contributed by atoms with van der Waals surface area (Å²) in [5, 5.41) is 3.25. The van der Waals surface area contributed by atoms with Gasteiger partial charge in [-0.1, -0.05) is 12.1 Å². The Morgan fingerprint density at radius 1 is 1.26 bits per heavy atom. The number of rotatable bonds is 3. The van der Waals surface area contributed by atoms with Crippen molar-refractivity contribution in [2.45, 2.75) is 25.4 Å². The van der Waals surface area contributed by atoms with Crippen molar-refractivity contribution in [1.82, 2.24) is 14.7 Å². The zero-order valence-electron chi connectivity index (χ0n) is 12.5. The summed E-state index contributed by atoms with van der Waals surface area (Å²) in [4.78, 5) is 38.1. The van der Waals surface area contributed by atoms with Crippen LogP contribution in [0.5, 0.6) is 0 Å². The van der Waals surface area contributed by atoms with Gasteiger partial charge in [-0.15, -0.1) is 12.4 Å². The number of halogens is 1. The Morgan fingerprint density at radius 3 is 2.61 bits per heavy atom. The standard InChI is InChI=1S/C15H18N4O3.ClH/c16-10-5-7-18(9-10)13(20)6-8-19-15(22)12-4-2-1-3-11(12)14(21)17-19;/h1-4,10H,5-9,16H2,(H,17,21);1H/t10-;/m1./s1. The van der Waals surface area contributed by atoms with Gasteiger partial charge >= 0.3 is 0 Å². The predicted octanol–water partition coefficient (Wildman–Crippen LogP) is 0.0613. The molecule has 0 aliphatic carbocycles. The van der Waals surface area contributed by atoms with E-state index in [1.54, 1.807) is 29.2 Å². The van der Waals surface area contributed by atoms with Crippen molar-refractivity contribution in [3.05, 3.63) is 45.0 Å². The van der Waals surface area contributed by atoms with Crippen LogP contribution in [0.3, 0.4) is 0 Å². The Bertz CT molecular complexity index is 829. The first-order valence-corrected chi connectivity index (χ1v) is 7.31. The molecular formula is C15H19ClN4O3. The summed E-state index contributed by atoms with van der Waals surface area (Å²) in [5.41, 5.74) is 5.16. The fourth-order valence-corrected chi connectivity index (χ4v) is 2.78. The maximum absolute atomic E-state index is 12.3. The number of benzene rings is 1. The third-order valence-corrected chi connectivity index (χ3v) is 4.01. The van der Waals surface area contributed by atoms with Gasteiger partial charge in [0.2, 0.25) is 5.91 Å². The van der Waals surface area contributed by atoms with Gasteiger partial charge in [0.1, 0.15) is 0 Å². The van der Waals surface area contributed by atoms with Crippen molar-refractivity contribution in [2.24, 2.45) is 5.73 Å². The second kappa shape index (κ2) is 6.97. The lowest BCUT2D eigenvalue weighted by Gasteiger charge is -2.16. The SMILES string of the molecule is Cl.N[C@@H]1CCN(C(=O)CCn2[nH]c(=O)c3ccccc3c2=O)C1. The minimum atomic E-state index is -0.328. The van der Waals surface area contributed by atoms with Crippen LogP contribution in [0.2, 0.25) is 0 Å². The summed E-state index contributed by atoms with van der Waals surface area (Å²) in [5.74, 6) is -0.0474. The molecule has 0 unspecified atom stereocenters. The second-order valence-corrected chi connectivity index (χ2v) is 5.58. The first kappa shape index (κ1) is 17.2. The molecule has 1 atom stereocenters. The Morgan fingerprint density at radius 2 is 1.96 bits per heavy atom. The first-order valence-electron chi connectivity index (χ1n) is 7.31. The van der Waals surface area contributed by atoms with Gasteiger partial charge in [-0.25, -0.2) is 4.68 Å². The molecule has 3 rings (SSSR count). The van der Waals surface area contributed by atoms with Crippen molar-refractivity contribution in [2.75, 3.05) is 13.1 Å². The van der Waals surface area contributed by atoms with Crippen LogP contribution in [0.15, 0.2) is 33.9 Å². The van der Waals surface area contributed by atoms with Gasteiger partial charge < -0.3 is 10.6 Å². The highest BCUT2D eigenvalue weighted by Crippen LogP contribution is 2.09. The number of carbonyl (C=O) groups is 1. The van der Waals surface area contributed by atoms with Crippen LogP contribution in [0, 0.1) is 0 Å². The van der Waals surface area contributed by atoms with Gasteiger partial charge in [0.05, 0.1) is 17.3 Å². The number of amides is 1. The maximum Gasteiger partial charge on any atom is 0.273 e. The average molecular weight is 339 g/mol. The third kappa shape index (κ3) is 3.46. The molecule has 0 radical (unpaired) electrons. The van der Waals surface area contributed by atoms with E-state index in [0.717, 1.165) is 6.42 Å². The summed E-state index contributed by atoms with van der Waals surface area (Å²) in [6.07, 6.45) is 0.972. The molecule has 0 bridgehead atoms. The molecule has 23 heavy (non-hydrogen) atoms. The highest BCUT2D eigenvalue weighted by atomic mass is 35.5. The Balaban J connectivity index is 0.00000192. The average Bonchev–Trinajstić information content (AvgIpc) is 2.96. The largest absolute Gasteiger partial charge is 0.341 e. The minimum Gasteiger partial charge on any atom is -0.341 e. The number of nitrogens with two attached hydrogens (primary N) is 1. The number of aryl methyl sites for hydroxylation is 1. The number of hydrogen-bond acceptors (Lipinski definition) is 4. The van der Waals surface area contributed by atoms with Crippen molar-refractivity contribution in [3.8, 4) is 0 Å². The molecule has 1 fully saturated rings. The molecule has 3 N–H and O–H groups in total. The highest BCUT2D eigenvalue weighted by molar-refractivity contribution is 5.85. The van der Waals surface area contributed by atoms with E-state index in [1.807, 2.05) is 0 Å². The number of nitrogens with one attached hydrogen (secondary N) is 1. The van der Waals surface area contributed by atoms with Gasteiger partial charge in [-0.05, 0) is 18.6 Å². The lowest BCUT2D eigenvalue weighted by atomic mass is 10.2. The number of aromatic amines is 1. The number of likely N-dealkylation sites (tertiary alicyclic amines) is 1. The number of fused-ring (bicyclic) bond motifs is 1. The lowest BCUT2D eigenvalue weighted by Crippen LogP contribution is -2.35. The summed E-state index contributed by atoms with van der Waals surface area (Å²) >= 11 is 0. The van der Waals surface area contributed by atoms with Gasteiger partial charge in [0.25, 0.3) is 11.1 Å². The Kier molecular flexibility index (Phi) is 5.23. The second-order valence-electron chi connectivity index (χ2n) is 5.58. The zero-order valence-corrected chi connectivity index (χ0v) is 13.3. The van der Waals surface area contributed by atoms with Gasteiger partial charge in [-0.2, -0.15) is 0 Å². The van der Waals surface area contributed by atoms with Crippen molar-refractivity contribution in [1.29, 1.82) is 0 Å². The van der Waals surface area contributed by atoms with Crippen molar-refractivity contribution < 1.29 is 4.79 Å². The van der Waals surface area contributed by atoms with E-state index in [0.29, 0.717) is 23.9 Å². The number of nitrogens with zero attached hydrogens (tertiary/aromatic N) is 2. The summed E-state index contributed by atoms with van der Waals surface area (Å²) in [6, 6.07) is 6.68. The van der Waals surface area contributed by atoms with E-state index in [9.17, 15) is 14.4 Å².